The highest BCUT2D eigenvalue weighted by Crippen LogP contribution is 2.23. The Hall–Kier alpha value is -1.80. The molecule has 0 aromatic carbocycles. The second-order valence-electron chi connectivity index (χ2n) is 3.42. The van der Waals surface area contributed by atoms with Crippen LogP contribution in [0, 0.1) is 11.3 Å². The van der Waals surface area contributed by atoms with Crippen LogP contribution in [0.3, 0.4) is 0 Å². The second kappa shape index (κ2) is 5.93. The third kappa shape index (κ3) is 2.61. The molecular weight excluding hydrogens is 204 g/mol. The Balaban J connectivity index is 3.04. The van der Waals surface area contributed by atoms with Gasteiger partial charge >= 0.3 is 0 Å². The summed E-state index contributed by atoms with van der Waals surface area (Å²) in [6.07, 6.45) is 2.49. The number of nitriles is 1. The summed E-state index contributed by atoms with van der Waals surface area (Å²) in [5, 5.41) is 17.8. The van der Waals surface area contributed by atoms with Gasteiger partial charge in [0.15, 0.2) is 5.82 Å². The molecule has 0 amide bonds. The SMILES string of the molecule is CCCN(CCO)c1nccc(C#N)c1N. The van der Waals surface area contributed by atoms with E-state index in [0.717, 1.165) is 13.0 Å². The van der Waals surface area contributed by atoms with E-state index in [-0.39, 0.29) is 6.61 Å². The number of hydrogen-bond acceptors (Lipinski definition) is 5. The van der Waals surface area contributed by atoms with Crippen molar-refractivity contribution in [3.05, 3.63) is 17.8 Å². The smallest absolute Gasteiger partial charge is 0.153 e. The molecule has 5 nitrogen and oxygen atoms in total. The molecule has 0 radical (unpaired) electrons. The number of pyridine rings is 1. The first kappa shape index (κ1) is 12.3. The molecule has 86 valence electrons. The zero-order valence-corrected chi connectivity index (χ0v) is 9.35. The van der Waals surface area contributed by atoms with E-state index in [2.05, 4.69) is 4.98 Å². The number of aliphatic hydroxyl groups is 1. The Morgan fingerprint density at radius 1 is 1.56 bits per heavy atom. The van der Waals surface area contributed by atoms with Crippen LogP contribution in [0.15, 0.2) is 12.3 Å². The van der Waals surface area contributed by atoms with Gasteiger partial charge in [-0.3, -0.25) is 0 Å². The number of nitrogen functional groups attached to an aromatic ring is 1. The summed E-state index contributed by atoms with van der Waals surface area (Å²) in [5.41, 5.74) is 6.65. The Kier molecular flexibility index (Phi) is 4.55. The Morgan fingerprint density at radius 2 is 2.31 bits per heavy atom. The first-order valence-corrected chi connectivity index (χ1v) is 5.25. The maximum atomic E-state index is 8.97. The van der Waals surface area contributed by atoms with Gasteiger partial charge in [-0.15, -0.1) is 0 Å². The lowest BCUT2D eigenvalue weighted by atomic mass is 10.2. The van der Waals surface area contributed by atoms with E-state index in [0.29, 0.717) is 23.6 Å². The minimum absolute atomic E-state index is 0.0396. The van der Waals surface area contributed by atoms with Gasteiger partial charge < -0.3 is 15.7 Å². The monoisotopic (exact) mass is 220 g/mol. The topological polar surface area (TPSA) is 86.2 Å². The number of aromatic nitrogens is 1. The first-order chi connectivity index (χ1) is 7.74. The summed E-state index contributed by atoms with van der Waals surface area (Å²) in [6.45, 7) is 3.30. The molecule has 16 heavy (non-hydrogen) atoms. The van der Waals surface area contributed by atoms with Crippen molar-refractivity contribution in [2.75, 3.05) is 30.3 Å². The summed E-state index contributed by atoms with van der Waals surface area (Å²) < 4.78 is 0. The third-order valence-electron chi connectivity index (χ3n) is 2.25. The van der Waals surface area contributed by atoms with Crippen LogP contribution < -0.4 is 10.6 Å². The highest BCUT2D eigenvalue weighted by Gasteiger charge is 2.12. The summed E-state index contributed by atoms with van der Waals surface area (Å²) in [5.74, 6) is 0.579. The molecule has 0 bridgehead atoms. The van der Waals surface area contributed by atoms with Crippen molar-refractivity contribution in [2.24, 2.45) is 0 Å². The molecule has 1 aromatic heterocycles. The molecule has 0 atom stereocenters. The largest absolute Gasteiger partial charge is 0.395 e. The molecule has 1 aromatic rings. The van der Waals surface area contributed by atoms with Crippen LogP contribution >= 0.6 is 0 Å². The van der Waals surface area contributed by atoms with Crippen molar-refractivity contribution in [2.45, 2.75) is 13.3 Å². The van der Waals surface area contributed by atoms with Gasteiger partial charge in [0.25, 0.3) is 0 Å². The number of nitrogens with zero attached hydrogens (tertiary/aromatic N) is 3. The van der Waals surface area contributed by atoms with E-state index in [1.807, 2.05) is 17.9 Å². The molecule has 0 spiro atoms. The zero-order valence-electron chi connectivity index (χ0n) is 9.35. The molecule has 0 unspecified atom stereocenters. The Labute approximate surface area is 95.1 Å². The highest BCUT2D eigenvalue weighted by molar-refractivity contribution is 5.69. The fraction of sp³-hybridized carbons (Fsp3) is 0.455. The third-order valence-corrected chi connectivity index (χ3v) is 2.25. The summed E-state index contributed by atoms with van der Waals surface area (Å²) >= 11 is 0. The van der Waals surface area contributed by atoms with Crippen LogP contribution in [0.4, 0.5) is 11.5 Å². The first-order valence-electron chi connectivity index (χ1n) is 5.25. The maximum absolute atomic E-state index is 8.97. The molecule has 5 heteroatoms. The number of nitrogens with two attached hydrogens (primary N) is 1. The average molecular weight is 220 g/mol. The standard InChI is InChI=1S/C11H16N4O/c1-2-5-15(6-7-16)11-10(13)9(8-12)3-4-14-11/h3-4,16H,2,5-7,13H2,1H3. The Morgan fingerprint density at radius 3 is 2.88 bits per heavy atom. The summed E-state index contributed by atoms with van der Waals surface area (Å²) in [7, 11) is 0. The lowest BCUT2D eigenvalue weighted by Gasteiger charge is -2.23. The van der Waals surface area contributed by atoms with Gasteiger partial charge in [0.05, 0.1) is 17.9 Å². The molecule has 3 N–H and O–H groups in total. The van der Waals surface area contributed by atoms with E-state index in [9.17, 15) is 0 Å². The molecule has 0 saturated carbocycles. The van der Waals surface area contributed by atoms with Gasteiger partial charge in [0, 0.05) is 19.3 Å². The minimum atomic E-state index is 0.0396. The fourth-order valence-electron chi connectivity index (χ4n) is 1.53. The van der Waals surface area contributed by atoms with Crippen molar-refractivity contribution in [3.63, 3.8) is 0 Å². The number of rotatable bonds is 5. The molecule has 0 aliphatic carbocycles. The van der Waals surface area contributed by atoms with Crippen molar-refractivity contribution in [1.82, 2.24) is 4.98 Å². The average Bonchev–Trinajstić information content (AvgIpc) is 2.29. The molecular formula is C11H16N4O. The molecule has 0 fully saturated rings. The Bertz CT molecular complexity index is 380. The van der Waals surface area contributed by atoms with Crippen LogP contribution in [0.2, 0.25) is 0 Å². The molecule has 0 aliphatic rings. The fourth-order valence-corrected chi connectivity index (χ4v) is 1.53. The molecule has 1 rings (SSSR count). The van der Waals surface area contributed by atoms with Crippen molar-refractivity contribution in [3.8, 4) is 6.07 Å². The van der Waals surface area contributed by atoms with Crippen molar-refractivity contribution < 1.29 is 5.11 Å². The van der Waals surface area contributed by atoms with Gasteiger partial charge in [-0.1, -0.05) is 6.92 Å². The molecule has 1 heterocycles. The molecule has 0 aliphatic heterocycles. The van der Waals surface area contributed by atoms with Gasteiger partial charge in [-0.25, -0.2) is 4.98 Å². The lowest BCUT2D eigenvalue weighted by molar-refractivity contribution is 0.301. The summed E-state index contributed by atoms with van der Waals surface area (Å²) in [4.78, 5) is 6.05. The van der Waals surface area contributed by atoms with E-state index in [4.69, 9.17) is 16.1 Å². The normalized spacial score (nSPS) is 9.81. The maximum Gasteiger partial charge on any atom is 0.153 e. The summed E-state index contributed by atoms with van der Waals surface area (Å²) in [6, 6.07) is 3.61. The van der Waals surface area contributed by atoms with Gasteiger partial charge in [0.1, 0.15) is 6.07 Å². The number of anilines is 2. The van der Waals surface area contributed by atoms with Crippen LogP contribution in [0.1, 0.15) is 18.9 Å². The molecule has 0 saturated heterocycles. The van der Waals surface area contributed by atoms with Crippen molar-refractivity contribution in [1.29, 1.82) is 5.26 Å². The van der Waals surface area contributed by atoms with Crippen LogP contribution in [0.25, 0.3) is 0 Å². The highest BCUT2D eigenvalue weighted by atomic mass is 16.3. The van der Waals surface area contributed by atoms with E-state index >= 15 is 0 Å². The van der Waals surface area contributed by atoms with E-state index < -0.39 is 0 Å². The van der Waals surface area contributed by atoms with E-state index in [1.165, 1.54) is 0 Å². The minimum Gasteiger partial charge on any atom is -0.395 e. The predicted octanol–water partition coefficient (Wildman–Crippen LogP) is 0.744. The predicted molar refractivity (Wildman–Crippen MR) is 63.0 cm³/mol. The van der Waals surface area contributed by atoms with Crippen LogP contribution in [-0.2, 0) is 0 Å². The van der Waals surface area contributed by atoms with E-state index in [1.54, 1.807) is 12.3 Å². The van der Waals surface area contributed by atoms with Gasteiger partial charge in [-0.05, 0) is 12.5 Å². The van der Waals surface area contributed by atoms with Crippen LogP contribution in [0.5, 0.6) is 0 Å². The number of aliphatic hydroxyl groups excluding tert-OH is 1. The number of hydrogen-bond donors (Lipinski definition) is 2. The van der Waals surface area contributed by atoms with Crippen molar-refractivity contribution >= 4 is 11.5 Å². The quantitative estimate of drug-likeness (QED) is 0.764. The van der Waals surface area contributed by atoms with Gasteiger partial charge in [0.2, 0.25) is 0 Å². The van der Waals surface area contributed by atoms with Crippen LogP contribution in [-0.4, -0.2) is 29.8 Å². The second-order valence-corrected chi connectivity index (χ2v) is 3.42. The van der Waals surface area contributed by atoms with Gasteiger partial charge in [-0.2, -0.15) is 5.26 Å². The lowest BCUT2D eigenvalue weighted by Crippen LogP contribution is -2.29. The zero-order chi connectivity index (χ0) is 12.0.